The van der Waals surface area contributed by atoms with Gasteiger partial charge in [-0.1, -0.05) is 43.4 Å². The van der Waals surface area contributed by atoms with Crippen LogP contribution in [0.25, 0.3) is 0 Å². The summed E-state index contributed by atoms with van der Waals surface area (Å²) in [7, 11) is 2.48. The molecule has 138 valence electrons. The number of nitrogens with one attached hydrogen (secondary N) is 2. The lowest BCUT2D eigenvalue weighted by Crippen LogP contribution is -2.59. The molecule has 6 N–H and O–H groups in total. The van der Waals surface area contributed by atoms with Crippen LogP contribution in [0.1, 0.15) is 58.3 Å². The van der Waals surface area contributed by atoms with Crippen molar-refractivity contribution in [2.75, 3.05) is 12.3 Å². The van der Waals surface area contributed by atoms with Crippen molar-refractivity contribution >= 4 is 33.4 Å². The molecule has 0 aromatic rings. The molecule has 0 atom stereocenters. The van der Waals surface area contributed by atoms with Gasteiger partial charge in [-0.3, -0.25) is 21.1 Å². The normalized spacial score (nSPS) is 10.9. The van der Waals surface area contributed by atoms with E-state index in [-0.39, 0.29) is 18.2 Å². The molecule has 2 amide bonds. The highest BCUT2D eigenvalue weighted by Crippen LogP contribution is 2.27. The third-order valence-electron chi connectivity index (χ3n) is 3.04. The predicted octanol–water partition coefficient (Wildman–Crippen LogP) is 1.90. The summed E-state index contributed by atoms with van der Waals surface area (Å²) in [5.74, 6) is 2.69. The van der Waals surface area contributed by atoms with Crippen LogP contribution in [-0.4, -0.2) is 29.2 Å². The van der Waals surface area contributed by atoms with Crippen LogP contribution < -0.4 is 22.1 Å². The summed E-state index contributed by atoms with van der Waals surface area (Å²) in [5, 5.41) is 4.03. The summed E-state index contributed by atoms with van der Waals surface area (Å²) in [6.07, 6.45) is 11.9. The number of hydrogen-bond donors (Lipinski definition) is 4. The quantitative estimate of drug-likeness (QED) is 0.160. The van der Waals surface area contributed by atoms with Crippen LogP contribution in [0.15, 0.2) is 0 Å². The third-order valence-corrected chi connectivity index (χ3v) is 5.59. The first kappa shape index (κ1) is 23.1. The zero-order valence-electron chi connectivity index (χ0n) is 14.4. The van der Waals surface area contributed by atoms with Crippen LogP contribution in [0.3, 0.4) is 0 Å². The molecule has 0 rings (SSSR count). The van der Waals surface area contributed by atoms with E-state index in [1.54, 1.807) is 0 Å². The fraction of sp³-hybridized carbons (Fsp3) is 0.750. The van der Waals surface area contributed by atoms with Gasteiger partial charge in [-0.25, -0.2) is 0 Å². The molecule has 0 unspecified atom stereocenters. The zero-order valence-corrected chi connectivity index (χ0v) is 16.1. The highest BCUT2D eigenvalue weighted by molar-refractivity contribution is 8.77. The van der Waals surface area contributed by atoms with Crippen LogP contribution in [0.5, 0.6) is 0 Å². The first-order valence-corrected chi connectivity index (χ1v) is 10.6. The second-order valence-corrected chi connectivity index (χ2v) is 8.16. The minimum Gasteiger partial charge on any atom is -0.356 e. The van der Waals surface area contributed by atoms with E-state index < -0.39 is 5.12 Å². The fourth-order valence-electron chi connectivity index (χ4n) is 1.81. The molecule has 8 heteroatoms. The van der Waals surface area contributed by atoms with Crippen molar-refractivity contribution in [3.8, 4) is 12.3 Å². The third kappa shape index (κ3) is 14.7. The van der Waals surface area contributed by atoms with Gasteiger partial charge in [0.2, 0.25) is 16.9 Å². The predicted molar refractivity (Wildman–Crippen MR) is 104 cm³/mol. The summed E-state index contributed by atoms with van der Waals surface area (Å²) in [5.41, 5.74) is 11.6. The lowest BCUT2D eigenvalue weighted by Gasteiger charge is -2.24. The van der Waals surface area contributed by atoms with Crippen LogP contribution in [-0.2, 0) is 9.59 Å². The Kier molecular flexibility index (Phi) is 13.9. The minimum atomic E-state index is -1.37. The van der Waals surface area contributed by atoms with Crippen LogP contribution >= 0.6 is 21.6 Å². The van der Waals surface area contributed by atoms with Crippen molar-refractivity contribution in [2.24, 2.45) is 11.5 Å². The number of nitrogens with two attached hydrogens (primary N) is 2. The SMILES string of the molecule is C#CCCC(=O)NC(N)(N)SSCCC(=O)NCCCCCCC. The average molecular weight is 375 g/mol. The Balaban J connectivity index is 3.66. The molecule has 0 heterocycles. The molecule has 0 fully saturated rings. The number of terminal acetylenes is 1. The number of hydrogen-bond acceptors (Lipinski definition) is 6. The Morgan fingerprint density at radius 3 is 2.50 bits per heavy atom. The summed E-state index contributed by atoms with van der Waals surface area (Å²) < 4.78 is 0. The van der Waals surface area contributed by atoms with E-state index in [0.717, 1.165) is 30.2 Å². The van der Waals surface area contributed by atoms with Gasteiger partial charge >= 0.3 is 0 Å². The number of rotatable bonds is 14. The van der Waals surface area contributed by atoms with Crippen molar-refractivity contribution in [1.82, 2.24) is 10.6 Å². The average Bonchev–Trinajstić information content (AvgIpc) is 2.52. The molecule has 24 heavy (non-hydrogen) atoms. The molecule has 0 aliphatic carbocycles. The molecule has 0 saturated carbocycles. The highest BCUT2D eigenvalue weighted by Gasteiger charge is 2.22. The maximum absolute atomic E-state index is 11.7. The smallest absolute Gasteiger partial charge is 0.224 e. The van der Waals surface area contributed by atoms with Crippen molar-refractivity contribution in [3.05, 3.63) is 0 Å². The van der Waals surface area contributed by atoms with E-state index in [2.05, 4.69) is 23.5 Å². The first-order chi connectivity index (χ1) is 11.4. The van der Waals surface area contributed by atoms with Crippen LogP contribution in [0, 0.1) is 12.3 Å². The van der Waals surface area contributed by atoms with E-state index in [9.17, 15) is 9.59 Å². The Hall–Kier alpha value is -0.880. The second-order valence-electron chi connectivity index (χ2n) is 5.46. The highest BCUT2D eigenvalue weighted by atomic mass is 33.1. The molecule has 0 aliphatic heterocycles. The van der Waals surface area contributed by atoms with Gasteiger partial charge in [-0.15, -0.1) is 12.3 Å². The molecule has 0 radical (unpaired) electrons. The van der Waals surface area contributed by atoms with Gasteiger partial charge in [0.1, 0.15) is 0 Å². The molecule has 0 aromatic carbocycles. The van der Waals surface area contributed by atoms with Crippen molar-refractivity contribution < 1.29 is 9.59 Å². The maximum atomic E-state index is 11.7. The standard InChI is InChI=1S/C16H30N4O2S2/c1-3-5-7-8-9-12-19-14(21)11-13-23-24-16(17,18)20-15(22)10-6-4-2/h2H,3,5-13,17-18H2,1H3,(H,19,21)(H,20,22). The summed E-state index contributed by atoms with van der Waals surface area (Å²) in [6.45, 7) is 2.90. The van der Waals surface area contributed by atoms with Crippen LogP contribution in [0.4, 0.5) is 0 Å². The van der Waals surface area contributed by atoms with E-state index in [4.69, 9.17) is 17.9 Å². The Morgan fingerprint density at radius 2 is 1.83 bits per heavy atom. The second kappa shape index (κ2) is 14.5. The molecule has 0 spiro atoms. The first-order valence-electron chi connectivity index (χ1n) is 8.31. The Labute approximate surface area is 153 Å². The van der Waals surface area contributed by atoms with E-state index >= 15 is 0 Å². The largest absolute Gasteiger partial charge is 0.356 e. The minimum absolute atomic E-state index is 0.0243. The monoisotopic (exact) mass is 374 g/mol. The molecule has 6 nitrogen and oxygen atoms in total. The molecule has 0 saturated heterocycles. The van der Waals surface area contributed by atoms with Gasteiger partial charge in [0.05, 0.1) is 0 Å². The van der Waals surface area contributed by atoms with Gasteiger partial charge in [0.25, 0.3) is 0 Å². The molecular formula is C16H30N4O2S2. The zero-order chi connectivity index (χ0) is 18.3. The summed E-state index contributed by atoms with van der Waals surface area (Å²) in [6, 6.07) is 0. The molecule has 0 aliphatic rings. The van der Waals surface area contributed by atoms with Crippen molar-refractivity contribution in [2.45, 2.75) is 63.4 Å². The van der Waals surface area contributed by atoms with E-state index in [1.807, 2.05) is 0 Å². The number of carbonyl (C=O) groups excluding carboxylic acids is 2. The Morgan fingerprint density at radius 1 is 1.12 bits per heavy atom. The van der Waals surface area contributed by atoms with E-state index in [0.29, 0.717) is 18.6 Å². The number of unbranched alkanes of at least 4 members (excludes halogenated alkanes) is 4. The van der Waals surface area contributed by atoms with E-state index in [1.165, 1.54) is 30.1 Å². The topological polar surface area (TPSA) is 110 Å². The Bertz CT molecular complexity index is 411. The van der Waals surface area contributed by atoms with Crippen molar-refractivity contribution in [3.63, 3.8) is 0 Å². The lowest BCUT2D eigenvalue weighted by atomic mass is 10.1. The fourth-order valence-corrected chi connectivity index (χ4v) is 3.72. The number of carbonyl (C=O) groups is 2. The van der Waals surface area contributed by atoms with Gasteiger partial charge in [0.15, 0.2) is 0 Å². The molecule has 0 aromatic heterocycles. The van der Waals surface area contributed by atoms with Gasteiger partial charge < -0.3 is 10.6 Å². The molecule has 0 bridgehead atoms. The summed E-state index contributed by atoms with van der Waals surface area (Å²) >= 11 is 0. The lowest BCUT2D eigenvalue weighted by molar-refractivity contribution is -0.122. The maximum Gasteiger partial charge on any atom is 0.224 e. The van der Waals surface area contributed by atoms with Gasteiger partial charge in [-0.05, 0) is 17.2 Å². The summed E-state index contributed by atoms with van der Waals surface area (Å²) in [4.78, 5) is 23.2. The molecular weight excluding hydrogens is 344 g/mol. The van der Waals surface area contributed by atoms with Crippen LogP contribution in [0.2, 0.25) is 0 Å². The van der Waals surface area contributed by atoms with Crippen molar-refractivity contribution in [1.29, 1.82) is 0 Å². The van der Waals surface area contributed by atoms with Gasteiger partial charge in [-0.2, -0.15) is 0 Å². The number of amides is 2. The van der Waals surface area contributed by atoms with Gasteiger partial charge in [0, 0.05) is 31.6 Å².